The van der Waals surface area contributed by atoms with Gasteiger partial charge in [-0.05, 0) is 54.0 Å². The maximum absolute atomic E-state index is 13.4. The molecule has 1 aliphatic rings. The number of benzene rings is 3. The van der Waals surface area contributed by atoms with E-state index in [1.165, 1.54) is 7.11 Å². The predicted octanol–water partition coefficient (Wildman–Crippen LogP) is 4.04. The van der Waals surface area contributed by atoms with Crippen molar-refractivity contribution >= 4 is 40.8 Å². The van der Waals surface area contributed by atoms with Crippen LogP contribution in [-0.4, -0.2) is 52.4 Å². The van der Waals surface area contributed by atoms with Crippen molar-refractivity contribution in [2.24, 2.45) is 0 Å². The second-order valence-electron chi connectivity index (χ2n) is 8.46. The number of methoxy groups -OCH3 is 1. The molecule has 0 aromatic heterocycles. The van der Waals surface area contributed by atoms with Gasteiger partial charge < -0.3 is 15.0 Å². The van der Waals surface area contributed by atoms with Crippen molar-refractivity contribution in [3.8, 4) is 0 Å². The number of carbonyl (C=O) groups excluding carboxylic acids is 3. The lowest BCUT2D eigenvalue weighted by molar-refractivity contribution is -0.131. The zero-order valence-corrected chi connectivity index (χ0v) is 20.7. The van der Waals surface area contributed by atoms with E-state index in [0.717, 1.165) is 11.1 Å². The first kappa shape index (κ1) is 25.1. The van der Waals surface area contributed by atoms with Gasteiger partial charge >= 0.3 is 5.97 Å². The summed E-state index contributed by atoms with van der Waals surface area (Å²) in [5.41, 5.74) is 3.00. The number of anilines is 1. The van der Waals surface area contributed by atoms with Crippen LogP contribution >= 0.6 is 12.2 Å². The Balaban J connectivity index is 1.48. The summed E-state index contributed by atoms with van der Waals surface area (Å²) in [5, 5.41) is 3.25. The number of nitrogens with one attached hydrogen (secondary N) is 1. The molecule has 0 aliphatic carbocycles. The van der Waals surface area contributed by atoms with Crippen LogP contribution in [0.15, 0.2) is 84.9 Å². The van der Waals surface area contributed by atoms with Crippen molar-refractivity contribution in [1.82, 2.24) is 9.80 Å². The summed E-state index contributed by atoms with van der Waals surface area (Å²) in [6.45, 7) is 0.874. The maximum atomic E-state index is 13.4. The molecular weight excluding hydrogens is 474 g/mol. The molecule has 0 saturated carbocycles. The lowest BCUT2D eigenvalue weighted by Gasteiger charge is -2.24. The molecule has 1 aliphatic heterocycles. The Hall–Kier alpha value is -4.04. The molecule has 1 unspecified atom stereocenters. The summed E-state index contributed by atoms with van der Waals surface area (Å²) in [5.74, 6) is -0.952. The van der Waals surface area contributed by atoms with Gasteiger partial charge in [0.1, 0.15) is 6.04 Å². The minimum Gasteiger partial charge on any atom is -0.465 e. The lowest BCUT2D eigenvalue weighted by Crippen LogP contribution is -2.39. The second-order valence-corrected chi connectivity index (χ2v) is 8.82. The van der Waals surface area contributed by atoms with Crippen molar-refractivity contribution < 1.29 is 19.1 Å². The normalized spacial score (nSPS) is 15.2. The molecule has 4 rings (SSSR count). The van der Waals surface area contributed by atoms with Gasteiger partial charge in [0.2, 0.25) is 5.91 Å². The highest BCUT2D eigenvalue weighted by atomic mass is 32.1. The maximum Gasteiger partial charge on any atom is 0.337 e. The topological polar surface area (TPSA) is 78.9 Å². The van der Waals surface area contributed by atoms with Crippen LogP contribution in [-0.2, 0) is 27.3 Å². The van der Waals surface area contributed by atoms with Gasteiger partial charge in [0.25, 0.3) is 5.91 Å². The molecule has 1 N–H and O–H groups in total. The number of carbonyl (C=O) groups is 3. The lowest BCUT2D eigenvalue weighted by atomic mass is 10.1. The van der Waals surface area contributed by atoms with Gasteiger partial charge in [-0.2, -0.15) is 0 Å². The molecule has 3 aromatic carbocycles. The molecule has 0 radical (unpaired) electrons. The van der Waals surface area contributed by atoms with Crippen LogP contribution in [0.1, 0.15) is 27.9 Å². The zero-order chi connectivity index (χ0) is 25.5. The SMILES string of the molecule is COC(=O)c1ccc(NC(=O)CC2C(=O)N(Cc3ccccc3)C(=S)N2CCc2ccccc2)cc1. The Morgan fingerprint density at radius 2 is 1.53 bits per heavy atom. The largest absolute Gasteiger partial charge is 0.465 e. The van der Waals surface area contributed by atoms with E-state index in [4.69, 9.17) is 17.0 Å². The molecule has 3 aromatic rings. The number of hydrogen-bond acceptors (Lipinski definition) is 5. The molecule has 1 atom stereocenters. The predicted molar refractivity (Wildman–Crippen MR) is 141 cm³/mol. The average molecular weight is 502 g/mol. The second kappa shape index (κ2) is 11.6. The highest BCUT2D eigenvalue weighted by molar-refractivity contribution is 7.80. The molecule has 1 saturated heterocycles. The standard InChI is InChI=1S/C28H27N3O4S/c1-35-27(34)22-12-14-23(15-13-22)29-25(32)18-24-26(33)31(19-21-10-6-3-7-11-21)28(36)30(24)17-16-20-8-4-2-5-9-20/h2-15,24H,16-19H2,1H3,(H,29,32). The Bertz CT molecular complexity index is 1230. The molecule has 0 spiro atoms. The number of nitrogens with zero attached hydrogens (tertiary/aromatic N) is 2. The minimum absolute atomic E-state index is 0.0438. The number of rotatable bonds is 9. The highest BCUT2D eigenvalue weighted by Gasteiger charge is 2.43. The molecule has 1 heterocycles. The Morgan fingerprint density at radius 3 is 2.14 bits per heavy atom. The first-order chi connectivity index (χ1) is 17.5. The van der Waals surface area contributed by atoms with Crippen LogP contribution in [0, 0.1) is 0 Å². The Kier molecular flexibility index (Phi) is 8.07. The fourth-order valence-corrected chi connectivity index (χ4v) is 4.52. The quantitative estimate of drug-likeness (QED) is 0.352. The summed E-state index contributed by atoms with van der Waals surface area (Å²) in [7, 11) is 1.31. The van der Waals surface area contributed by atoms with Crippen molar-refractivity contribution in [1.29, 1.82) is 0 Å². The van der Waals surface area contributed by atoms with Gasteiger partial charge in [0, 0.05) is 12.2 Å². The molecule has 36 heavy (non-hydrogen) atoms. The molecule has 184 valence electrons. The van der Waals surface area contributed by atoms with E-state index in [1.807, 2.05) is 65.6 Å². The van der Waals surface area contributed by atoms with Gasteiger partial charge in [-0.15, -0.1) is 0 Å². The number of ether oxygens (including phenoxy) is 1. The molecule has 8 heteroatoms. The van der Waals surface area contributed by atoms with Crippen LogP contribution in [0.25, 0.3) is 0 Å². The van der Waals surface area contributed by atoms with Gasteiger partial charge in [-0.1, -0.05) is 60.7 Å². The van der Waals surface area contributed by atoms with Crippen LogP contribution in [0.2, 0.25) is 0 Å². The first-order valence-corrected chi connectivity index (χ1v) is 12.0. The van der Waals surface area contributed by atoms with Crippen molar-refractivity contribution in [3.63, 3.8) is 0 Å². The number of hydrogen-bond donors (Lipinski definition) is 1. The molecule has 2 amide bonds. The first-order valence-electron chi connectivity index (χ1n) is 11.6. The summed E-state index contributed by atoms with van der Waals surface area (Å²) in [4.78, 5) is 41.5. The van der Waals surface area contributed by atoms with Crippen molar-refractivity contribution in [3.05, 3.63) is 102 Å². The summed E-state index contributed by atoms with van der Waals surface area (Å²) in [6.07, 6.45) is 0.651. The summed E-state index contributed by atoms with van der Waals surface area (Å²) in [6, 6.07) is 25.3. The molecule has 1 fully saturated rings. The van der Waals surface area contributed by atoms with Crippen LogP contribution in [0.3, 0.4) is 0 Å². The smallest absolute Gasteiger partial charge is 0.337 e. The third-order valence-electron chi connectivity index (χ3n) is 6.04. The van der Waals surface area contributed by atoms with Gasteiger partial charge in [-0.25, -0.2) is 4.79 Å². The van der Waals surface area contributed by atoms with E-state index in [9.17, 15) is 14.4 Å². The fraction of sp³-hybridized carbons (Fsp3) is 0.214. The Labute approximate surface area is 215 Å². The third kappa shape index (κ3) is 5.95. The van der Waals surface area contributed by atoms with E-state index in [2.05, 4.69) is 5.32 Å². The zero-order valence-electron chi connectivity index (χ0n) is 19.9. The van der Waals surface area contributed by atoms with Gasteiger partial charge in [-0.3, -0.25) is 14.5 Å². The number of esters is 1. The van der Waals surface area contributed by atoms with E-state index in [1.54, 1.807) is 29.2 Å². The van der Waals surface area contributed by atoms with E-state index >= 15 is 0 Å². The van der Waals surface area contributed by atoms with Crippen LogP contribution in [0.4, 0.5) is 5.69 Å². The minimum atomic E-state index is -0.695. The third-order valence-corrected chi connectivity index (χ3v) is 6.50. The molecular formula is C28H27N3O4S. The van der Waals surface area contributed by atoms with Crippen molar-refractivity contribution in [2.45, 2.75) is 25.4 Å². The van der Waals surface area contributed by atoms with Gasteiger partial charge in [0.15, 0.2) is 5.11 Å². The number of amides is 2. The average Bonchev–Trinajstić information content (AvgIpc) is 3.12. The fourth-order valence-electron chi connectivity index (χ4n) is 4.15. The van der Waals surface area contributed by atoms with E-state index in [0.29, 0.717) is 35.9 Å². The monoisotopic (exact) mass is 501 g/mol. The van der Waals surface area contributed by atoms with Crippen LogP contribution < -0.4 is 5.32 Å². The number of thiocarbonyl (C=S) groups is 1. The van der Waals surface area contributed by atoms with E-state index in [-0.39, 0.29) is 18.2 Å². The Morgan fingerprint density at radius 1 is 0.917 bits per heavy atom. The van der Waals surface area contributed by atoms with Crippen molar-refractivity contribution in [2.75, 3.05) is 19.0 Å². The van der Waals surface area contributed by atoms with E-state index < -0.39 is 12.0 Å². The van der Waals surface area contributed by atoms with Gasteiger partial charge in [0.05, 0.1) is 25.6 Å². The molecule has 7 nitrogen and oxygen atoms in total. The molecule has 0 bridgehead atoms. The summed E-state index contributed by atoms with van der Waals surface area (Å²) >= 11 is 5.72. The highest BCUT2D eigenvalue weighted by Crippen LogP contribution is 2.24. The van der Waals surface area contributed by atoms with Crippen LogP contribution in [0.5, 0.6) is 0 Å². The summed E-state index contributed by atoms with van der Waals surface area (Å²) < 4.78 is 4.70.